The van der Waals surface area contributed by atoms with Gasteiger partial charge >= 0.3 is 5.97 Å². The van der Waals surface area contributed by atoms with Gasteiger partial charge in [0.25, 0.3) is 10.0 Å². The van der Waals surface area contributed by atoms with Crippen molar-refractivity contribution >= 4 is 27.9 Å². The highest BCUT2D eigenvalue weighted by Crippen LogP contribution is 2.19. The molecule has 0 bridgehead atoms. The van der Waals surface area contributed by atoms with E-state index in [4.69, 9.17) is 5.11 Å². The molecule has 7 nitrogen and oxygen atoms in total. The van der Waals surface area contributed by atoms with Gasteiger partial charge in [0.2, 0.25) is 0 Å². The number of carboxylic acids is 1. The monoisotopic (exact) mass is 312 g/mol. The Morgan fingerprint density at radius 2 is 2.14 bits per heavy atom. The van der Waals surface area contributed by atoms with E-state index in [0.29, 0.717) is 0 Å². The lowest BCUT2D eigenvalue weighted by molar-refractivity contribution is -0.131. The Kier molecular flexibility index (Phi) is 4.03. The summed E-state index contributed by atoms with van der Waals surface area (Å²) in [7, 11) is -4.15. The van der Waals surface area contributed by atoms with Crippen molar-refractivity contribution in [2.75, 3.05) is 4.72 Å². The van der Waals surface area contributed by atoms with E-state index >= 15 is 0 Å². The molecular formula is C12H9FN2O5S. The van der Waals surface area contributed by atoms with Gasteiger partial charge in [0.1, 0.15) is 17.0 Å². The first-order valence-electron chi connectivity index (χ1n) is 5.52. The van der Waals surface area contributed by atoms with Crippen molar-refractivity contribution in [1.29, 1.82) is 0 Å². The van der Waals surface area contributed by atoms with Crippen molar-refractivity contribution < 1.29 is 27.2 Å². The van der Waals surface area contributed by atoms with Crippen LogP contribution in [0.2, 0.25) is 0 Å². The number of hydrogen-bond acceptors (Lipinski definition) is 5. The molecule has 2 rings (SSSR count). The maximum atomic E-state index is 13.9. The lowest BCUT2D eigenvalue weighted by atomic mass is 10.2. The molecule has 0 spiro atoms. The molecule has 2 aromatic rings. The summed E-state index contributed by atoms with van der Waals surface area (Å²) < 4.78 is 44.3. The molecule has 0 amide bonds. The van der Waals surface area contributed by atoms with Gasteiger partial charge in [-0.05, 0) is 23.8 Å². The Hall–Kier alpha value is -2.68. The second-order valence-corrected chi connectivity index (χ2v) is 5.50. The number of rotatable bonds is 5. The van der Waals surface area contributed by atoms with Crippen LogP contribution in [0.4, 0.5) is 10.2 Å². The van der Waals surface area contributed by atoms with Gasteiger partial charge in [-0.15, -0.1) is 0 Å². The second kappa shape index (κ2) is 5.75. The van der Waals surface area contributed by atoms with Crippen molar-refractivity contribution in [1.82, 2.24) is 5.16 Å². The molecule has 0 aliphatic rings. The highest BCUT2D eigenvalue weighted by molar-refractivity contribution is 7.92. The van der Waals surface area contributed by atoms with Crippen LogP contribution in [0.15, 0.2) is 46.0 Å². The van der Waals surface area contributed by atoms with Gasteiger partial charge in [-0.3, -0.25) is 4.72 Å². The fraction of sp³-hybridized carbons (Fsp3) is 0. The topological polar surface area (TPSA) is 110 Å². The molecule has 1 aromatic heterocycles. The quantitative estimate of drug-likeness (QED) is 0.813. The number of carbonyl (C=O) groups is 1. The third kappa shape index (κ3) is 3.66. The van der Waals surface area contributed by atoms with Gasteiger partial charge in [-0.1, -0.05) is 11.2 Å². The van der Waals surface area contributed by atoms with E-state index < -0.39 is 26.7 Å². The summed E-state index contributed by atoms with van der Waals surface area (Å²) in [6.07, 6.45) is 3.12. The molecule has 21 heavy (non-hydrogen) atoms. The molecule has 0 radical (unpaired) electrons. The van der Waals surface area contributed by atoms with Crippen molar-refractivity contribution in [3.05, 3.63) is 48.0 Å². The Bertz CT molecular complexity index is 784. The average molecular weight is 312 g/mol. The number of hydrogen-bond donors (Lipinski definition) is 2. The number of nitrogens with zero attached hydrogens (tertiary/aromatic N) is 1. The van der Waals surface area contributed by atoms with Crippen LogP contribution in [0.1, 0.15) is 5.56 Å². The lowest BCUT2D eigenvalue weighted by Gasteiger charge is -2.06. The molecule has 0 atom stereocenters. The Morgan fingerprint density at radius 3 is 2.71 bits per heavy atom. The summed E-state index contributed by atoms with van der Waals surface area (Å²) in [5.41, 5.74) is 0.218. The smallest absolute Gasteiger partial charge is 0.328 e. The van der Waals surface area contributed by atoms with Crippen LogP contribution in [0.25, 0.3) is 6.08 Å². The zero-order valence-electron chi connectivity index (χ0n) is 10.4. The number of aromatic nitrogens is 1. The van der Waals surface area contributed by atoms with Crippen molar-refractivity contribution in [3.8, 4) is 0 Å². The predicted molar refractivity (Wildman–Crippen MR) is 70.4 cm³/mol. The molecule has 1 aromatic carbocycles. The van der Waals surface area contributed by atoms with Crippen LogP contribution in [0, 0.1) is 5.82 Å². The minimum absolute atomic E-state index is 0.0794. The summed E-state index contributed by atoms with van der Waals surface area (Å²) in [6, 6.07) is 4.48. The van der Waals surface area contributed by atoms with Crippen LogP contribution in [-0.4, -0.2) is 24.7 Å². The van der Waals surface area contributed by atoms with Crippen molar-refractivity contribution in [2.45, 2.75) is 4.90 Å². The summed E-state index contributed by atoms with van der Waals surface area (Å²) >= 11 is 0. The number of benzene rings is 1. The van der Waals surface area contributed by atoms with Crippen molar-refractivity contribution in [2.24, 2.45) is 0 Å². The SMILES string of the molecule is O=C(O)/C=C/c1ccc(S(=O)(=O)Nc2ccon2)c(F)c1. The fourth-order valence-electron chi connectivity index (χ4n) is 1.46. The summed E-state index contributed by atoms with van der Waals surface area (Å²) in [5.74, 6) is -2.29. The van der Waals surface area contributed by atoms with Crippen LogP contribution in [0.5, 0.6) is 0 Å². The van der Waals surface area contributed by atoms with Gasteiger partial charge in [-0.25, -0.2) is 17.6 Å². The first kappa shape index (κ1) is 14.7. The number of nitrogens with one attached hydrogen (secondary N) is 1. The molecule has 2 N–H and O–H groups in total. The lowest BCUT2D eigenvalue weighted by Crippen LogP contribution is -2.14. The first-order chi connectivity index (χ1) is 9.88. The zero-order chi connectivity index (χ0) is 15.5. The van der Waals surface area contributed by atoms with E-state index in [1.165, 1.54) is 12.1 Å². The molecule has 0 saturated heterocycles. The fourth-order valence-corrected chi connectivity index (χ4v) is 2.52. The molecular weight excluding hydrogens is 303 g/mol. The average Bonchev–Trinajstić information content (AvgIpc) is 2.88. The van der Waals surface area contributed by atoms with Gasteiger partial charge in [-0.2, -0.15) is 0 Å². The van der Waals surface area contributed by atoms with Crippen molar-refractivity contribution in [3.63, 3.8) is 0 Å². The van der Waals surface area contributed by atoms with E-state index in [1.807, 2.05) is 4.72 Å². The maximum Gasteiger partial charge on any atom is 0.328 e. The molecule has 9 heteroatoms. The van der Waals surface area contributed by atoms with E-state index in [9.17, 15) is 17.6 Å². The molecule has 0 aliphatic heterocycles. The summed E-state index contributed by atoms with van der Waals surface area (Å²) in [5, 5.41) is 11.8. The Labute approximate surface area is 118 Å². The van der Waals surface area contributed by atoms with E-state index in [0.717, 1.165) is 30.5 Å². The van der Waals surface area contributed by atoms with Gasteiger partial charge < -0.3 is 9.63 Å². The highest BCUT2D eigenvalue weighted by Gasteiger charge is 2.20. The normalized spacial score (nSPS) is 11.7. The minimum Gasteiger partial charge on any atom is -0.478 e. The first-order valence-corrected chi connectivity index (χ1v) is 7.00. The van der Waals surface area contributed by atoms with E-state index in [-0.39, 0.29) is 11.4 Å². The second-order valence-electron chi connectivity index (χ2n) is 3.85. The number of sulfonamides is 1. The van der Waals surface area contributed by atoms with Crippen LogP contribution < -0.4 is 4.72 Å². The van der Waals surface area contributed by atoms with Crippen LogP contribution >= 0.6 is 0 Å². The number of carboxylic acid groups (broad SMARTS) is 1. The number of anilines is 1. The number of aliphatic carboxylic acids is 1. The largest absolute Gasteiger partial charge is 0.478 e. The molecule has 110 valence electrons. The van der Waals surface area contributed by atoms with Gasteiger partial charge in [0.15, 0.2) is 5.82 Å². The van der Waals surface area contributed by atoms with Gasteiger partial charge in [0, 0.05) is 12.1 Å². The van der Waals surface area contributed by atoms with E-state index in [1.54, 1.807) is 0 Å². The maximum absolute atomic E-state index is 13.9. The third-order valence-corrected chi connectivity index (χ3v) is 3.73. The van der Waals surface area contributed by atoms with Crippen LogP contribution in [-0.2, 0) is 14.8 Å². The summed E-state index contributed by atoms with van der Waals surface area (Å²) in [6.45, 7) is 0. The van der Waals surface area contributed by atoms with E-state index in [2.05, 4.69) is 9.68 Å². The zero-order valence-corrected chi connectivity index (χ0v) is 11.2. The number of halogens is 1. The predicted octanol–water partition coefficient (Wildman–Crippen LogP) is 1.71. The highest BCUT2D eigenvalue weighted by atomic mass is 32.2. The molecule has 1 heterocycles. The molecule has 0 saturated carbocycles. The standard InChI is InChI=1S/C12H9FN2O5S/c13-9-7-8(2-4-12(16)17)1-3-10(9)21(18,19)15-11-5-6-20-14-11/h1-7H,(H,14,15)(H,16,17)/b4-2+. The summed E-state index contributed by atoms with van der Waals surface area (Å²) in [4.78, 5) is 9.77. The minimum atomic E-state index is -4.15. The third-order valence-electron chi connectivity index (χ3n) is 2.34. The molecule has 0 aliphatic carbocycles. The molecule has 0 unspecified atom stereocenters. The van der Waals surface area contributed by atoms with Crippen LogP contribution in [0.3, 0.4) is 0 Å². The molecule has 0 fully saturated rings. The Morgan fingerprint density at radius 1 is 1.38 bits per heavy atom. The Balaban J connectivity index is 2.30. The van der Waals surface area contributed by atoms with Gasteiger partial charge in [0.05, 0.1) is 0 Å².